The van der Waals surface area contributed by atoms with Gasteiger partial charge in [-0.2, -0.15) is 0 Å². The van der Waals surface area contributed by atoms with Crippen molar-refractivity contribution in [3.05, 3.63) is 134 Å². The zero-order chi connectivity index (χ0) is 46.9. The number of aryl methyl sites for hydroxylation is 2. The van der Waals surface area contributed by atoms with Gasteiger partial charge in [-0.1, -0.05) is 59.1 Å². The number of nitrogens with one attached hydrogen (secondary N) is 5. The molecule has 0 radical (unpaired) electrons. The van der Waals surface area contributed by atoms with E-state index in [9.17, 15) is 8.78 Å². The highest BCUT2D eigenvalue weighted by Crippen LogP contribution is 2.34. The van der Waals surface area contributed by atoms with Crippen LogP contribution in [0.2, 0.25) is 15.1 Å². The van der Waals surface area contributed by atoms with E-state index in [1.165, 1.54) is 32.0 Å². The Bertz CT molecular complexity index is 2490. The number of rotatable bonds is 9. The lowest BCUT2D eigenvalue weighted by Gasteiger charge is -2.37. The Morgan fingerprint density at radius 2 is 1.03 bits per heavy atom. The summed E-state index contributed by atoms with van der Waals surface area (Å²) in [7, 11) is 0. The molecular weight excluding hydrogens is 881 g/mol. The highest BCUT2D eigenvalue weighted by molar-refractivity contribution is 6.35. The van der Waals surface area contributed by atoms with Gasteiger partial charge in [-0.25, -0.2) is 18.7 Å². The average molecular weight is 947 g/mol. The van der Waals surface area contributed by atoms with Crippen molar-refractivity contribution in [3.8, 4) is 0 Å². The molecule has 13 heteroatoms. The Labute approximate surface area is 399 Å². The third-order valence-corrected chi connectivity index (χ3v) is 12.0. The normalized spacial score (nSPS) is 15.0. The SMILES string of the molecule is CC(C)(C)NC1CCNCC1.Cc1cc(F)c2nc(NCc3ccc(Cl)cc3)cc(Cl)c2c1.Cc1cc(F)c2nc(NCc3ccc(Cl)cc3)cc(N3CCC(NC(C)(C)C)CC3)c2c1. The summed E-state index contributed by atoms with van der Waals surface area (Å²) in [6.07, 6.45) is 4.67. The van der Waals surface area contributed by atoms with Crippen molar-refractivity contribution in [1.29, 1.82) is 0 Å². The van der Waals surface area contributed by atoms with E-state index in [-0.39, 0.29) is 28.2 Å². The molecular formula is C52H65Cl3F2N8. The molecule has 0 spiro atoms. The summed E-state index contributed by atoms with van der Waals surface area (Å²) in [5.41, 5.74) is 5.99. The molecule has 6 aromatic rings. The first kappa shape index (κ1) is 50.1. The highest BCUT2D eigenvalue weighted by atomic mass is 35.5. The quantitative estimate of drug-likeness (QED) is 0.0980. The van der Waals surface area contributed by atoms with Crippen molar-refractivity contribution in [2.24, 2.45) is 0 Å². The predicted octanol–water partition coefficient (Wildman–Crippen LogP) is 13.0. The Morgan fingerprint density at radius 1 is 0.600 bits per heavy atom. The number of pyridine rings is 2. The van der Waals surface area contributed by atoms with Gasteiger partial charge < -0.3 is 31.5 Å². The fourth-order valence-corrected chi connectivity index (χ4v) is 8.77. The maximum absolute atomic E-state index is 14.9. The van der Waals surface area contributed by atoms with Gasteiger partial charge in [0.25, 0.3) is 0 Å². The molecule has 0 aliphatic carbocycles. The first-order valence-electron chi connectivity index (χ1n) is 22.6. The second-order valence-electron chi connectivity index (χ2n) is 19.3. The first-order chi connectivity index (χ1) is 30.8. The van der Waals surface area contributed by atoms with Gasteiger partial charge in [-0.15, -0.1) is 0 Å². The number of anilines is 3. The number of aromatic nitrogens is 2. The monoisotopic (exact) mass is 944 g/mol. The standard InChI is InChI=1S/C26H32ClFN4.C17H13Cl2FN2.C9H20N2/c1-17-13-21-23(32-11-9-20(10-12-32)31-26(2,3)4)15-24(30-25(21)22(28)14-17)29-16-18-5-7-19(27)8-6-18;1-10-6-13-14(19)8-16(22-17(13)15(20)7-10)21-9-11-2-4-12(18)5-3-11;1-9(2,3)11-8-4-6-10-7-5-8/h5-8,13-15,20,31H,9-12,16H2,1-4H3,(H,29,30);2-8H,9H2,1H3,(H,21,22);8,10-11H,4-7H2,1-3H3. The predicted molar refractivity (Wildman–Crippen MR) is 272 cm³/mol. The Balaban J connectivity index is 0.000000182. The van der Waals surface area contributed by atoms with Crippen LogP contribution in [0, 0.1) is 25.5 Å². The molecule has 8 nitrogen and oxygen atoms in total. The van der Waals surface area contributed by atoms with Crippen LogP contribution in [-0.4, -0.2) is 59.3 Å². The van der Waals surface area contributed by atoms with Gasteiger partial charge in [0.15, 0.2) is 0 Å². The summed E-state index contributed by atoms with van der Waals surface area (Å²) in [5, 5.41) is 20.6. The molecule has 0 bridgehead atoms. The maximum atomic E-state index is 14.9. The summed E-state index contributed by atoms with van der Waals surface area (Å²) in [6, 6.07) is 27.1. The minimum atomic E-state index is -0.368. The van der Waals surface area contributed by atoms with E-state index in [2.05, 4.69) is 89.1 Å². The molecule has 2 fully saturated rings. The lowest BCUT2D eigenvalue weighted by atomic mass is 9.99. The third-order valence-electron chi connectivity index (χ3n) is 11.2. The fraction of sp³-hybridized carbons (Fsp3) is 0.423. The largest absolute Gasteiger partial charge is 0.371 e. The van der Waals surface area contributed by atoms with Crippen LogP contribution in [0.4, 0.5) is 26.1 Å². The van der Waals surface area contributed by atoms with Crippen molar-refractivity contribution >= 4 is 73.9 Å². The second kappa shape index (κ2) is 22.5. The van der Waals surface area contributed by atoms with Gasteiger partial charge in [-0.3, -0.25) is 0 Å². The van der Waals surface area contributed by atoms with Crippen LogP contribution in [0.25, 0.3) is 21.8 Å². The third kappa shape index (κ3) is 15.4. The number of fused-ring (bicyclic) bond motifs is 2. The lowest BCUT2D eigenvalue weighted by Crippen LogP contribution is -2.49. The van der Waals surface area contributed by atoms with Crippen LogP contribution in [0.15, 0.2) is 84.9 Å². The van der Waals surface area contributed by atoms with Crippen LogP contribution < -0.4 is 31.5 Å². The number of hydrogen-bond acceptors (Lipinski definition) is 8. The molecule has 0 saturated carbocycles. The number of nitrogens with zero attached hydrogens (tertiary/aromatic N) is 3. The van der Waals surface area contributed by atoms with Crippen LogP contribution in [-0.2, 0) is 13.1 Å². The molecule has 2 aliphatic rings. The van der Waals surface area contributed by atoms with Crippen molar-refractivity contribution in [1.82, 2.24) is 25.9 Å². The van der Waals surface area contributed by atoms with E-state index < -0.39 is 0 Å². The summed E-state index contributed by atoms with van der Waals surface area (Å²) in [6.45, 7) is 22.4. The zero-order valence-corrected chi connectivity index (χ0v) is 41.3. The fourth-order valence-electron chi connectivity index (χ4n) is 8.27. The Morgan fingerprint density at radius 3 is 1.51 bits per heavy atom. The molecule has 65 heavy (non-hydrogen) atoms. The maximum Gasteiger partial charge on any atom is 0.149 e. The van der Waals surface area contributed by atoms with Crippen molar-refractivity contribution < 1.29 is 8.78 Å². The Kier molecular flexibility index (Phi) is 17.3. The molecule has 0 amide bonds. The van der Waals surface area contributed by atoms with E-state index >= 15 is 0 Å². The molecule has 4 heterocycles. The number of benzene rings is 4. The molecule has 0 atom stereocenters. The summed E-state index contributed by atoms with van der Waals surface area (Å²) in [5.74, 6) is 0.572. The summed E-state index contributed by atoms with van der Waals surface area (Å²) in [4.78, 5) is 11.3. The van der Waals surface area contributed by atoms with Crippen molar-refractivity contribution in [3.63, 3.8) is 0 Å². The van der Waals surface area contributed by atoms with Gasteiger partial charge >= 0.3 is 0 Å². The van der Waals surface area contributed by atoms with Gasteiger partial charge in [-0.05, 0) is 171 Å². The number of piperidine rings is 2. The van der Waals surface area contributed by atoms with Crippen molar-refractivity contribution in [2.75, 3.05) is 41.7 Å². The van der Waals surface area contributed by atoms with Crippen LogP contribution in [0.5, 0.6) is 0 Å². The van der Waals surface area contributed by atoms with Crippen LogP contribution in [0.1, 0.15) is 89.5 Å². The number of hydrogen-bond donors (Lipinski definition) is 5. The Hall–Kier alpha value is -4.29. The molecule has 348 valence electrons. The van der Waals surface area contributed by atoms with Crippen molar-refractivity contribution in [2.45, 2.75) is 117 Å². The van der Waals surface area contributed by atoms with Gasteiger partial charge in [0.1, 0.15) is 34.3 Å². The number of halogens is 5. The van der Waals surface area contributed by atoms with Gasteiger partial charge in [0.05, 0.1) is 5.02 Å². The van der Waals surface area contributed by atoms with E-state index in [0.717, 1.165) is 65.3 Å². The van der Waals surface area contributed by atoms with Gasteiger partial charge in [0, 0.05) is 81.9 Å². The topological polar surface area (TPSA) is 89.2 Å². The van der Waals surface area contributed by atoms with E-state index in [1.807, 2.05) is 74.5 Å². The van der Waals surface area contributed by atoms with Crippen LogP contribution >= 0.6 is 34.8 Å². The van der Waals surface area contributed by atoms with E-state index in [1.54, 1.807) is 12.1 Å². The van der Waals surface area contributed by atoms with Crippen LogP contribution in [0.3, 0.4) is 0 Å². The molecule has 0 unspecified atom stereocenters. The summed E-state index contributed by atoms with van der Waals surface area (Å²) >= 11 is 18.1. The van der Waals surface area contributed by atoms with Gasteiger partial charge in [0.2, 0.25) is 0 Å². The molecule has 5 N–H and O–H groups in total. The highest BCUT2D eigenvalue weighted by Gasteiger charge is 2.25. The first-order valence-corrected chi connectivity index (χ1v) is 23.8. The molecule has 2 aliphatic heterocycles. The molecule has 2 aromatic heterocycles. The smallest absolute Gasteiger partial charge is 0.149 e. The minimum Gasteiger partial charge on any atom is -0.371 e. The minimum absolute atomic E-state index is 0.106. The lowest BCUT2D eigenvalue weighted by molar-refractivity contribution is 0.304. The average Bonchev–Trinajstić information content (AvgIpc) is 3.24. The molecule has 8 rings (SSSR count). The molecule has 4 aromatic carbocycles. The van der Waals surface area contributed by atoms with E-state index in [4.69, 9.17) is 34.8 Å². The van der Waals surface area contributed by atoms with E-state index in [0.29, 0.717) is 56.7 Å². The molecule has 2 saturated heterocycles. The summed E-state index contributed by atoms with van der Waals surface area (Å²) < 4.78 is 28.9. The zero-order valence-electron chi connectivity index (χ0n) is 39.0. The second-order valence-corrected chi connectivity index (χ2v) is 20.6.